The maximum absolute atomic E-state index is 15.0. The summed E-state index contributed by atoms with van der Waals surface area (Å²) < 4.78 is 20.4. The summed E-state index contributed by atoms with van der Waals surface area (Å²) in [6.45, 7) is 4.28. The zero-order valence-corrected chi connectivity index (χ0v) is 18.9. The van der Waals surface area contributed by atoms with Crippen LogP contribution in [0.3, 0.4) is 0 Å². The van der Waals surface area contributed by atoms with Gasteiger partial charge >= 0.3 is 0 Å². The molecular weight excluding hydrogens is 417 g/mol. The Morgan fingerprint density at radius 2 is 2.00 bits per heavy atom. The van der Waals surface area contributed by atoms with E-state index in [-0.39, 0.29) is 17.7 Å². The number of amidine groups is 1. The van der Waals surface area contributed by atoms with E-state index in [0.29, 0.717) is 24.3 Å². The fourth-order valence-corrected chi connectivity index (χ4v) is 4.59. The zero-order chi connectivity index (χ0) is 21.9. The minimum atomic E-state index is -2.01. The first-order valence-corrected chi connectivity index (χ1v) is 11.7. The van der Waals surface area contributed by atoms with Crippen molar-refractivity contribution in [2.24, 2.45) is 16.1 Å². The molecule has 2 aliphatic heterocycles. The van der Waals surface area contributed by atoms with Crippen LogP contribution in [0, 0.1) is 5.41 Å². The second-order valence-electron chi connectivity index (χ2n) is 9.42. The van der Waals surface area contributed by atoms with Gasteiger partial charge in [0.1, 0.15) is 5.82 Å². The molecule has 31 heavy (non-hydrogen) atoms. The average molecular weight is 450 g/mol. The van der Waals surface area contributed by atoms with Gasteiger partial charge in [-0.15, -0.1) is 0 Å². The summed E-state index contributed by atoms with van der Waals surface area (Å²) in [6.07, 6.45) is 9.60. The van der Waals surface area contributed by atoms with Crippen LogP contribution in [-0.2, 0) is 4.74 Å². The fraction of sp³-hybridized carbons (Fsp3) is 0.652. The number of halogens is 2. The second-order valence-corrected chi connectivity index (χ2v) is 10.0. The summed E-state index contributed by atoms with van der Waals surface area (Å²) >= 11 is 6.16. The van der Waals surface area contributed by atoms with Gasteiger partial charge in [0.05, 0.1) is 5.70 Å². The van der Waals surface area contributed by atoms with E-state index in [9.17, 15) is 4.39 Å². The highest BCUT2D eigenvalue weighted by molar-refractivity contribution is 6.35. The van der Waals surface area contributed by atoms with Crippen LogP contribution in [-0.4, -0.2) is 47.8 Å². The van der Waals surface area contributed by atoms with Crippen molar-refractivity contribution in [1.29, 1.82) is 0 Å². The van der Waals surface area contributed by atoms with Gasteiger partial charge in [-0.2, -0.15) is 0 Å². The number of aliphatic imine (C=N–C) groups is 1. The molecule has 1 aromatic rings. The minimum absolute atomic E-state index is 0.0470. The number of aromatic nitrogens is 1. The molecule has 0 radical (unpaired) electrons. The number of hydrogen-bond donors (Lipinski definition) is 3. The molecular formula is C23H33ClFN5O. The van der Waals surface area contributed by atoms with Crippen LogP contribution in [0.4, 0.5) is 10.2 Å². The molecule has 0 amide bonds. The molecule has 1 atom stereocenters. The third-order valence-electron chi connectivity index (χ3n) is 6.69. The van der Waals surface area contributed by atoms with E-state index in [0.717, 1.165) is 63.1 Å². The Bertz CT molecular complexity index is 829. The monoisotopic (exact) mass is 449 g/mol. The van der Waals surface area contributed by atoms with Gasteiger partial charge in [0, 0.05) is 50.0 Å². The van der Waals surface area contributed by atoms with E-state index < -0.39 is 5.13 Å². The standard InChI is InChI=1S/C23H33ClFN5O/c1-22(9-12-31-13-10-22)15-28-21-23(24,25)8-6-19(30-21)16-7-11-27-20(14-16)29-18-4-2-17(26)3-5-18/h6-7,11,14,17-18H,2-5,8-10,12-13,15,26H2,1H3,(H,27,29)(H,28,30)/t17-,18-,23?. The number of allylic oxidation sites excluding steroid dienone is 1. The number of pyridine rings is 1. The SMILES string of the molecule is CC1(CNC2=NC(c3ccnc(N[C@H]4CC[C@H](N)CC4)c3)=CCC2(F)Cl)CCOCC1. The van der Waals surface area contributed by atoms with E-state index in [1.54, 1.807) is 12.3 Å². The lowest BCUT2D eigenvalue weighted by molar-refractivity contribution is 0.0259. The first-order valence-electron chi connectivity index (χ1n) is 11.3. The maximum atomic E-state index is 15.0. The number of alkyl halides is 2. The van der Waals surface area contributed by atoms with Gasteiger partial charge in [0.15, 0.2) is 5.84 Å². The number of rotatable bonds is 5. The van der Waals surface area contributed by atoms with Crippen molar-refractivity contribution in [3.63, 3.8) is 0 Å². The first kappa shape index (κ1) is 22.5. The summed E-state index contributed by atoms with van der Waals surface area (Å²) in [5, 5.41) is 4.71. The highest BCUT2D eigenvalue weighted by atomic mass is 35.5. The van der Waals surface area contributed by atoms with Crippen molar-refractivity contribution in [1.82, 2.24) is 10.3 Å². The normalized spacial score (nSPS) is 30.8. The maximum Gasteiger partial charge on any atom is 0.243 e. The molecule has 3 aliphatic rings. The molecule has 4 N–H and O–H groups in total. The molecule has 0 bridgehead atoms. The van der Waals surface area contributed by atoms with Gasteiger partial charge < -0.3 is 21.1 Å². The predicted molar refractivity (Wildman–Crippen MR) is 124 cm³/mol. The van der Waals surface area contributed by atoms with Gasteiger partial charge in [-0.25, -0.2) is 14.4 Å². The van der Waals surface area contributed by atoms with Crippen LogP contribution in [0.15, 0.2) is 29.4 Å². The largest absolute Gasteiger partial charge is 0.381 e. The molecule has 4 rings (SSSR count). The third kappa shape index (κ3) is 5.76. The molecule has 1 aromatic heterocycles. The average Bonchev–Trinajstić information content (AvgIpc) is 2.75. The Labute approximate surface area is 188 Å². The molecule has 1 saturated heterocycles. The highest BCUT2D eigenvalue weighted by Gasteiger charge is 2.37. The van der Waals surface area contributed by atoms with Gasteiger partial charge in [-0.05, 0) is 56.1 Å². The Kier molecular flexibility index (Phi) is 6.84. The predicted octanol–water partition coefficient (Wildman–Crippen LogP) is 4.22. The lowest BCUT2D eigenvalue weighted by Crippen LogP contribution is -2.46. The Morgan fingerprint density at radius 1 is 1.26 bits per heavy atom. The smallest absolute Gasteiger partial charge is 0.243 e. The van der Waals surface area contributed by atoms with Crippen molar-refractivity contribution < 1.29 is 9.13 Å². The van der Waals surface area contributed by atoms with Gasteiger partial charge in [-0.3, -0.25) is 0 Å². The van der Waals surface area contributed by atoms with Gasteiger partial charge in [0.2, 0.25) is 5.13 Å². The molecule has 3 heterocycles. The molecule has 1 aliphatic carbocycles. The number of nitrogens with two attached hydrogens (primary N) is 1. The first-order chi connectivity index (χ1) is 14.8. The summed E-state index contributed by atoms with van der Waals surface area (Å²) in [7, 11) is 0. The van der Waals surface area contributed by atoms with Crippen molar-refractivity contribution in [2.45, 2.75) is 69.1 Å². The molecule has 0 aromatic carbocycles. The number of nitrogens with one attached hydrogen (secondary N) is 2. The van der Waals surface area contributed by atoms with Gasteiger partial charge in [-0.1, -0.05) is 24.6 Å². The van der Waals surface area contributed by atoms with Crippen LogP contribution in [0.2, 0.25) is 0 Å². The molecule has 6 nitrogen and oxygen atoms in total. The van der Waals surface area contributed by atoms with Crippen molar-refractivity contribution >= 4 is 29.0 Å². The molecule has 1 saturated carbocycles. The summed E-state index contributed by atoms with van der Waals surface area (Å²) in [5.41, 5.74) is 7.66. The Balaban J connectivity index is 1.45. The molecule has 2 fully saturated rings. The zero-order valence-electron chi connectivity index (χ0n) is 18.2. The fourth-order valence-electron chi connectivity index (χ4n) is 4.40. The number of anilines is 1. The van der Waals surface area contributed by atoms with E-state index in [1.807, 2.05) is 12.1 Å². The lowest BCUT2D eigenvalue weighted by atomic mass is 9.82. The van der Waals surface area contributed by atoms with Crippen molar-refractivity contribution in [3.8, 4) is 0 Å². The molecule has 0 spiro atoms. The van der Waals surface area contributed by atoms with E-state index >= 15 is 0 Å². The Hall–Kier alpha value is -1.70. The van der Waals surface area contributed by atoms with Crippen LogP contribution in [0.1, 0.15) is 57.4 Å². The van der Waals surface area contributed by atoms with Crippen LogP contribution in [0.25, 0.3) is 5.70 Å². The van der Waals surface area contributed by atoms with Crippen molar-refractivity contribution in [3.05, 3.63) is 30.0 Å². The molecule has 8 heteroatoms. The second kappa shape index (κ2) is 9.43. The lowest BCUT2D eigenvalue weighted by Gasteiger charge is -2.35. The highest BCUT2D eigenvalue weighted by Crippen LogP contribution is 2.34. The number of nitrogens with zero attached hydrogens (tertiary/aromatic N) is 2. The van der Waals surface area contributed by atoms with E-state index in [4.69, 9.17) is 22.1 Å². The van der Waals surface area contributed by atoms with Crippen LogP contribution >= 0.6 is 11.6 Å². The number of ether oxygens (including phenoxy) is 1. The summed E-state index contributed by atoms with van der Waals surface area (Å²) in [5.74, 6) is 0.994. The summed E-state index contributed by atoms with van der Waals surface area (Å²) in [6, 6.07) is 4.56. The van der Waals surface area contributed by atoms with E-state index in [2.05, 4.69) is 27.5 Å². The van der Waals surface area contributed by atoms with Crippen LogP contribution in [0.5, 0.6) is 0 Å². The van der Waals surface area contributed by atoms with Gasteiger partial charge in [0.25, 0.3) is 0 Å². The molecule has 1 unspecified atom stereocenters. The van der Waals surface area contributed by atoms with E-state index in [1.165, 1.54) is 0 Å². The van der Waals surface area contributed by atoms with Crippen molar-refractivity contribution in [2.75, 3.05) is 25.1 Å². The minimum Gasteiger partial charge on any atom is -0.381 e. The Morgan fingerprint density at radius 3 is 2.74 bits per heavy atom. The molecule has 170 valence electrons. The van der Waals surface area contributed by atoms with Crippen LogP contribution < -0.4 is 16.4 Å². The summed E-state index contributed by atoms with van der Waals surface area (Å²) in [4.78, 5) is 9.03. The quantitative estimate of drug-likeness (QED) is 0.586. The third-order valence-corrected chi connectivity index (χ3v) is 7.03. The topological polar surface area (TPSA) is 84.6 Å². The number of hydrogen-bond acceptors (Lipinski definition) is 6.